The van der Waals surface area contributed by atoms with Crippen LogP contribution in [-0.2, 0) is 19.5 Å². The molecule has 0 saturated carbocycles. The van der Waals surface area contributed by atoms with E-state index < -0.39 is 0 Å². The maximum atomic E-state index is 6.07. The molecule has 0 spiro atoms. The van der Waals surface area contributed by atoms with Crippen LogP contribution in [0.4, 0.5) is 0 Å². The highest BCUT2D eigenvalue weighted by Gasteiger charge is 2.31. The van der Waals surface area contributed by atoms with Crippen LogP contribution in [0.2, 0.25) is 0 Å². The topological polar surface area (TPSA) is 39.1 Å². The quantitative estimate of drug-likeness (QED) is 0.849. The molecule has 0 fully saturated rings. The monoisotopic (exact) mass is 271 g/mol. The van der Waals surface area contributed by atoms with Crippen LogP contribution in [-0.4, -0.2) is 21.7 Å². The largest absolute Gasteiger partial charge is 0.487 e. The lowest BCUT2D eigenvalue weighted by Gasteiger charge is -2.18. The highest BCUT2D eigenvalue weighted by molar-refractivity contribution is 5.45. The summed E-state index contributed by atoms with van der Waals surface area (Å²) in [6.45, 7) is 6.98. The van der Waals surface area contributed by atoms with Crippen LogP contribution in [0.15, 0.2) is 36.9 Å². The van der Waals surface area contributed by atoms with Gasteiger partial charge in [0.1, 0.15) is 11.4 Å². The Kier molecular flexibility index (Phi) is 3.49. The molecule has 2 heterocycles. The number of para-hydroxylation sites is 1. The van der Waals surface area contributed by atoms with Crippen LogP contribution in [0.1, 0.15) is 25.0 Å². The zero-order valence-electron chi connectivity index (χ0n) is 12.1. The molecule has 0 unspecified atom stereocenters. The van der Waals surface area contributed by atoms with Crippen molar-refractivity contribution in [3.8, 4) is 5.75 Å². The van der Waals surface area contributed by atoms with E-state index in [1.165, 1.54) is 11.1 Å². The molecule has 3 rings (SSSR count). The Bertz CT molecular complexity index is 575. The first-order valence-electron chi connectivity index (χ1n) is 7.10. The average molecular weight is 271 g/mol. The predicted octanol–water partition coefficient (Wildman–Crippen LogP) is 2.39. The summed E-state index contributed by atoms with van der Waals surface area (Å²) in [4.78, 5) is 4.04. The normalized spacial score (nSPS) is 15.9. The van der Waals surface area contributed by atoms with Crippen LogP contribution in [0, 0.1) is 0 Å². The predicted molar refractivity (Wildman–Crippen MR) is 78.8 cm³/mol. The van der Waals surface area contributed by atoms with Gasteiger partial charge in [-0.15, -0.1) is 0 Å². The zero-order valence-corrected chi connectivity index (χ0v) is 12.1. The Morgan fingerprint density at radius 2 is 2.30 bits per heavy atom. The molecule has 0 atom stereocenters. The van der Waals surface area contributed by atoms with Crippen LogP contribution in [0.25, 0.3) is 0 Å². The molecular formula is C16H21N3O. The Morgan fingerprint density at radius 3 is 3.10 bits per heavy atom. The van der Waals surface area contributed by atoms with Gasteiger partial charge in [0.15, 0.2) is 0 Å². The second kappa shape index (κ2) is 5.29. The van der Waals surface area contributed by atoms with Gasteiger partial charge in [-0.3, -0.25) is 0 Å². The van der Waals surface area contributed by atoms with E-state index in [0.29, 0.717) is 0 Å². The highest BCUT2D eigenvalue weighted by atomic mass is 16.5. The molecule has 2 aromatic rings. The molecule has 0 aliphatic carbocycles. The van der Waals surface area contributed by atoms with E-state index in [1.807, 2.05) is 12.5 Å². The second-order valence-electron chi connectivity index (χ2n) is 5.92. The fourth-order valence-corrected chi connectivity index (χ4v) is 2.67. The van der Waals surface area contributed by atoms with Crippen molar-refractivity contribution in [1.82, 2.24) is 14.9 Å². The molecule has 0 amide bonds. The molecule has 1 aromatic carbocycles. The summed E-state index contributed by atoms with van der Waals surface area (Å²) in [7, 11) is 0. The fourth-order valence-electron chi connectivity index (χ4n) is 2.67. The van der Waals surface area contributed by atoms with Crippen molar-refractivity contribution in [2.75, 3.05) is 6.54 Å². The van der Waals surface area contributed by atoms with Gasteiger partial charge in [0, 0.05) is 44.0 Å². The van der Waals surface area contributed by atoms with Gasteiger partial charge in [-0.1, -0.05) is 18.2 Å². The number of rotatable bonds is 5. The van der Waals surface area contributed by atoms with Gasteiger partial charge in [0.2, 0.25) is 0 Å². The Hall–Kier alpha value is -1.81. The Morgan fingerprint density at radius 1 is 1.40 bits per heavy atom. The van der Waals surface area contributed by atoms with Crippen molar-refractivity contribution >= 4 is 0 Å². The van der Waals surface area contributed by atoms with Gasteiger partial charge in [-0.2, -0.15) is 0 Å². The molecule has 1 aromatic heterocycles. The van der Waals surface area contributed by atoms with Gasteiger partial charge >= 0.3 is 0 Å². The Balaban J connectivity index is 1.58. The minimum absolute atomic E-state index is 0.0742. The molecule has 0 radical (unpaired) electrons. The molecule has 20 heavy (non-hydrogen) atoms. The lowest BCUT2D eigenvalue weighted by molar-refractivity contribution is 0.137. The number of ether oxygens (including phenoxy) is 1. The number of benzene rings is 1. The summed E-state index contributed by atoms with van der Waals surface area (Å²) in [5.74, 6) is 1.08. The number of hydrogen-bond acceptors (Lipinski definition) is 3. The molecule has 1 aliphatic rings. The fraction of sp³-hybridized carbons (Fsp3) is 0.438. The first-order chi connectivity index (χ1) is 9.64. The van der Waals surface area contributed by atoms with E-state index in [2.05, 4.69) is 46.9 Å². The maximum Gasteiger partial charge on any atom is 0.127 e. The molecular weight excluding hydrogens is 250 g/mol. The van der Waals surface area contributed by atoms with Crippen molar-refractivity contribution in [2.24, 2.45) is 0 Å². The van der Waals surface area contributed by atoms with Crippen molar-refractivity contribution in [3.05, 3.63) is 48.0 Å². The zero-order chi connectivity index (χ0) is 14.0. The second-order valence-corrected chi connectivity index (χ2v) is 5.92. The SMILES string of the molecule is CC1(C)Cc2cccc(CNCCn3ccnc3)c2O1. The number of imidazole rings is 1. The van der Waals surface area contributed by atoms with E-state index in [4.69, 9.17) is 4.74 Å². The number of aromatic nitrogens is 2. The van der Waals surface area contributed by atoms with E-state index in [9.17, 15) is 0 Å². The molecule has 0 saturated heterocycles. The van der Waals surface area contributed by atoms with Crippen LogP contribution in [0.3, 0.4) is 0 Å². The number of nitrogens with one attached hydrogen (secondary N) is 1. The van der Waals surface area contributed by atoms with Crippen LogP contribution >= 0.6 is 0 Å². The van der Waals surface area contributed by atoms with Gasteiger partial charge < -0.3 is 14.6 Å². The first-order valence-corrected chi connectivity index (χ1v) is 7.10. The molecule has 4 heteroatoms. The summed E-state index contributed by atoms with van der Waals surface area (Å²) in [6, 6.07) is 6.43. The van der Waals surface area contributed by atoms with Gasteiger partial charge in [-0.25, -0.2) is 4.98 Å². The summed E-state index contributed by atoms with van der Waals surface area (Å²) in [5.41, 5.74) is 2.50. The van der Waals surface area contributed by atoms with Gasteiger partial charge in [0.25, 0.3) is 0 Å². The Labute approximate surface area is 119 Å². The van der Waals surface area contributed by atoms with Crippen molar-refractivity contribution in [2.45, 2.75) is 39.0 Å². The maximum absolute atomic E-state index is 6.07. The molecule has 4 nitrogen and oxygen atoms in total. The molecule has 1 aliphatic heterocycles. The lowest BCUT2D eigenvalue weighted by Crippen LogP contribution is -2.25. The summed E-state index contributed by atoms with van der Waals surface area (Å²) >= 11 is 0. The van der Waals surface area contributed by atoms with Gasteiger partial charge in [0.05, 0.1) is 6.33 Å². The van der Waals surface area contributed by atoms with E-state index >= 15 is 0 Å². The third-order valence-electron chi connectivity index (χ3n) is 3.59. The van der Waals surface area contributed by atoms with E-state index in [0.717, 1.165) is 31.8 Å². The number of nitrogens with zero attached hydrogens (tertiary/aromatic N) is 2. The van der Waals surface area contributed by atoms with Crippen LogP contribution in [0.5, 0.6) is 5.75 Å². The van der Waals surface area contributed by atoms with Crippen LogP contribution < -0.4 is 10.1 Å². The highest BCUT2D eigenvalue weighted by Crippen LogP contribution is 2.37. The lowest BCUT2D eigenvalue weighted by atomic mass is 10.0. The average Bonchev–Trinajstić information content (AvgIpc) is 3.00. The molecule has 0 bridgehead atoms. The smallest absolute Gasteiger partial charge is 0.127 e. The standard InChI is InChI=1S/C16H21N3O/c1-16(2)10-13-4-3-5-14(15(13)20-16)11-17-6-8-19-9-7-18-12-19/h3-5,7,9,12,17H,6,8,10-11H2,1-2H3. The first kappa shape index (κ1) is 13.2. The third-order valence-corrected chi connectivity index (χ3v) is 3.59. The van der Waals surface area contributed by atoms with E-state index in [-0.39, 0.29) is 5.60 Å². The van der Waals surface area contributed by atoms with Crippen molar-refractivity contribution in [1.29, 1.82) is 0 Å². The number of hydrogen-bond donors (Lipinski definition) is 1. The van der Waals surface area contributed by atoms with Gasteiger partial charge in [-0.05, 0) is 19.4 Å². The summed E-state index contributed by atoms with van der Waals surface area (Å²) in [6.07, 6.45) is 6.62. The summed E-state index contributed by atoms with van der Waals surface area (Å²) < 4.78 is 8.14. The molecule has 1 N–H and O–H groups in total. The van der Waals surface area contributed by atoms with Crippen molar-refractivity contribution < 1.29 is 4.74 Å². The number of fused-ring (bicyclic) bond motifs is 1. The van der Waals surface area contributed by atoms with E-state index in [1.54, 1.807) is 6.20 Å². The third kappa shape index (κ3) is 2.85. The van der Waals surface area contributed by atoms with Crippen molar-refractivity contribution in [3.63, 3.8) is 0 Å². The minimum Gasteiger partial charge on any atom is -0.487 e. The summed E-state index contributed by atoms with van der Waals surface area (Å²) in [5, 5.41) is 3.47. The molecule has 106 valence electrons. The minimum atomic E-state index is -0.0742.